The van der Waals surface area contributed by atoms with Crippen molar-refractivity contribution in [2.45, 2.75) is 31.2 Å². The number of primary sulfonamides is 1. The van der Waals surface area contributed by atoms with Crippen molar-refractivity contribution in [2.75, 3.05) is 26.0 Å². The predicted octanol–water partition coefficient (Wildman–Crippen LogP) is 1.43. The zero-order valence-electron chi connectivity index (χ0n) is 14.0. The lowest BCUT2D eigenvalue weighted by molar-refractivity contribution is 0.231. The molecular formula is C15H26N4O3S. The molecule has 0 spiro atoms. The number of benzene rings is 1. The molecule has 0 saturated heterocycles. The summed E-state index contributed by atoms with van der Waals surface area (Å²) < 4.78 is 22.3. The van der Waals surface area contributed by atoms with Crippen LogP contribution in [-0.4, -0.2) is 46.0 Å². The molecular weight excluding hydrogens is 316 g/mol. The number of nitrogens with two attached hydrogens (primary N) is 1. The van der Waals surface area contributed by atoms with Crippen LogP contribution in [0.1, 0.15) is 20.3 Å². The summed E-state index contributed by atoms with van der Waals surface area (Å²) in [6, 6.07) is 5.63. The van der Waals surface area contributed by atoms with E-state index in [0.717, 1.165) is 6.42 Å². The van der Waals surface area contributed by atoms with E-state index in [-0.39, 0.29) is 17.0 Å². The molecule has 7 nitrogen and oxygen atoms in total. The summed E-state index contributed by atoms with van der Waals surface area (Å²) in [6.07, 6.45) is 0.982. The molecule has 1 aromatic rings. The van der Waals surface area contributed by atoms with E-state index in [2.05, 4.69) is 29.4 Å². The summed E-state index contributed by atoms with van der Waals surface area (Å²) in [5.74, 6) is 0.540. The fourth-order valence-corrected chi connectivity index (χ4v) is 2.65. The normalized spacial score (nSPS) is 13.2. The summed E-state index contributed by atoms with van der Waals surface area (Å²) in [4.78, 5) is 14.0. The van der Waals surface area contributed by atoms with Gasteiger partial charge in [-0.25, -0.2) is 18.4 Å². The Morgan fingerprint density at radius 3 is 2.22 bits per heavy atom. The van der Waals surface area contributed by atoms with Gasteiger partial charge in [0.25, 0.3) is 0 Å². The number of likely N-dealkylation sites (N-methyl/N-ethyl adjacent to an activating group) is 1. The van der Waals surface area contributed by atoms with E-state index in [0.29, 0.717) is 18.2 Å². The first-order valence-electron chi connectivity index (χ1n) is 7.43. The van der Waals surface area contributed by atoms with Crippen LogP contribution in [0.15, 0.2) is 29.2 Å². The second-order valence-electron chi connectivity index (χ2n) is 6.15. The standard InChI is InChI=1S/C15H26N4O3S/c1-11(2)9-13(19(3)4)10-17-15(20)18-12-5-7-14(8-6-12)23(16,21)22/h5-8,11,13H,9-10H2,1-4H3,(H2,16,21,22)(H2,17,18,20)/t13-/m1/s1. The number of nitrogens with zero attached hydrogens (tertiary/aromatic N) is 1. The lowest BCUT2D eigenvalue weighted by atomic mass is 10.0. The van der Waals surface area contributed by atoms with Gasteiger partial charge in [-0.1, -0.05) is 13.8 Å². The highest BCUT2D eigenvalue weighted by Crippen LogP contribution is 2.13. The summed E-state index contributed by atoms with van der Waals surface area (Å²) in [5.41, 5.74) is 0.500. The highest BCUT2D eigenvalue weighted by Gasteiger charge is 2.14. The van der Waals surface area contributed by atoms with Crippen LogP contribution < -0.4 is 15.8 Å². The van der Waals surface area contributed by atoms with Gasteiger partial charge >= 0.3 is 6.03 Å². The van der Waals surface area contributed by atoms with E-state index in [1.807, 2.05) is 14.1 Å². The zero-order chi connectivity index (χ0) is 17.6. The number of hydrogen-bond acceptors (Lipinski definition) is 4. The minimum Gasteiger partial charge on any atom is -0.336 e. The maximum Gasteiger partial charge on any atom is 0.319 e. The van der Waals surface area contributed by atoms with Crippen molar-refractivity contribution in [1.29, 1.82) is 0 Å². The number of sulfonamides is 1. The van der Waals surface area contributed by atoms with Gasteiger partial charge in [-0.3, -0.25) is 0 Å². The second-order valence-corrected chi connectivity index (χ2v) is 7.71. The largest absolute Gasteiger partial charge is 0.336 e. The summed E-state index contributed by atoms with van der Waals surface area (Å²) in [6.45, 7) is 4.82. The van der Waals surface area contributed by atoms with E-state index >= 15 is 0 Å². The highest BCUT2D eigenvalue weighted by molar-refractivity contribution is 7.89. The summed E-state index contributed by atoms with van der Waals surface area (Å²) in [5, 5.41) is 10.5. The molecule has 0 bridgehead atoms. The van der Waals surface area contributed by atoms with Crippen LogP contribution in [0.5, 0.6) is 0 Å². The molecule has 0 unspecified atom stereocenters. The molecule has 2 amide bonds. The Hall–Kier alpha value is -1.64. The topological polar surface area (TPSA) is 105 Å². The molecule has 0 saturated carbocycles. The molecule has 1 rings (SSSR count). The first-order valence-corrected chi connectivity index (χ1v) is 8.98. The maximum atomic E-state index is 11.9. The van der Waals surface area contributed by atoms with Gasteiger partial charge in [0, 0.05) is 18.3 Å². The molecule has 8 heteroatoms. The van der Waals surface area contributed by atoms with E-state index in [1.54, 1.807) is 0 Å². The van der Waals surface area contributed by atoms with Gasteiger partial charge in [0.05, 0.1) is 4.90 Å². The van der Waals surface area contributed by atoms with E-state index in [4.69, 9.17) is 5.14 Å². The van der Waals surface area contributed by atoms with Crippen LogP contribution in [-0.2, 0) is 10.0 Å². The Morgan fingerprint density at radius 1 is 1.22 bits per heavy atom. The van der Waals surface area contributed by atoms with Gasteiger partial charge in [-0.15, -0.1) is 0 Å². The maximum absolute atomic E-state index is 11.9. The average Bonchev–Trinajstić information content (AvgIpc) is 2.42. The van der Waals surface area contributed by atoms with Gasteiger partial charge in [0.1, 0.15) is 0 Å². The molecule has 0 aromatic heterocycles. The second kappa shape index (κ2) is 8.28. The van der Waals surface area contributed by atoms with E-state index in [9.17, 15) is 13.2 Å². The Morgan fingerprint density at radius 2 is 1.78 bits per heavy atom. The number of hydrogen-bond donors (Lipinski definition) is 3. The Bertz CT molecular complexity index is 612. The van der Waals surface area contributed by atoms with Crippen molar-refractivity contribution >= 4 is 21.7 Å². The van der Waals surface area contributed by atoms with Crippen molar-refractivity contribution in [3.05, 3.63) is 24.3 Å². The fraction of sp³-hybridized carbons (Fsp3) is 0.533. The fourth-order valence-electron chi connectivity index (χ4n) is 2.13. The van der Waals surface area contributed by atoms with Gasteiger partial charge in [-0.05, 0) is 50.7 Å². The lowest BCUT2D eigenvalue weighted by Crippen LogP contribution is -2.42. The van der Waals surface area contributed by atoms with Crippen LogP contribution in [0.25, 0.3) is 0 Å². The van der Waals surface area contributed by atoms with E-state index in [1.165, 1.54) is 24.3 Å². The molecule has 1 atom stereocenters. The number of rotatable bonds is 7. The molecule has 23 heavy (non-hydrogen) atoms. The highest BCUT2D eigenvalue weighted by atomic mass is 32.2. The average molecular weight is 342 g/mol. The number of nitrogens with one attached hydrogen (secondary N) is 2. The van der Waals surface area contributed by atoms with Crippen molar-refractivity contribution in [2.24, 2.45) is 11.1 Å². The third-order valence-corrected chi connectivity index (χ3v) is 4.34. The van der Waals surface area contributed by atoms with Gasteiger partial charge in [0.15, 0.2) is 0 Å². The molecule has 0 radical (unpaired) electrons. The monoisotopic (exact) mass is 342 g/mol. The van der Waals surface area contributed by atoms with Crippen LogP contribution in [0.3, 0.4) is 0 Å². The molecule has 0 heterocycles. The zero-order valence-corrected chi connectivity index (χ0v) is 14.9. The van der Waals surface area contributed by atoms with Crippen molar-refractivity contribution in [3.8, 4) is 0 Å². The third-order valence-electron chi connectivity index (χ3n) is 3.41. The minimum atomic E-state index is -3.72. The Balaban J connectivity index is 2.56. The molecule has 1 aromatic carbocycles. The number of carbonyl (C=O) groups is 1. The van der Waals surface area contributed by atoms with Crippen LogP contribution in [0.2, 0.25) is 0 Å². The molecule has 0 aliphatic carbocycles. The Labute approximate surface area is 138 Å². The van der Waals surface area contributed by atoms with Gasteiger partial charge in [0.2, 0.25) is 10.0 Å². The Kier molecular flexibility index (Phi) is 6.99. The first kappa shape index (κ1) is 19.4. The van der Waals surface area contributed by atoms with Crippen molar-refractivity contribution in [1.82, 2.24) is 10.2 Å². The summed E-state index contributed by atoms with van der Waals surface area (Å²) >= 11 is 0. The number of anilines is 1. The van der Waals surface area contributed by atoms with Crippen LogP contribution >= 0.6 is 0 Å². The lowest BCUT2D eigenvalue weighted by Gasteiger charge is -2.26. The summed E-state index contributed by atoms with van der Waals surface area (Å²) in [7, 11) is 0.245. The number of carbonyl (C=O) groups excluding carboxylic acids is 1. The molecule has 0 aliphatic heterocycles. The molecule has 0 aliphatic rings. The van der Waals surface area contributed by atoms with E-state index < -0.39 is 10.0 Å². The smallest absolute Gasteiger partial charge is 0.319 e. The number of amides is 2. The number of urea groups is 1. The molecule has 0 fully saturated rings. The first-order chi connectivity index (χ1) is 10.6. The third kappa shape index (κ3) is 6.98. The quantitative estimate of drug-likeness (QED) is 0.697. The van der Waals surface area contributed by atoms with Crippen LogP contribution in [0.4, 0.5) is 10.5 Å². The van der Waals surface area contributed by atoms with Crippen LogP contribution in [0, 0.1) is 5.92 Å². The van der Waals surface area contributed by atoms with Crippen molar-refractivity contribution in [3.63, 3.8) is 0 Å². The molecule has 130 valence electrons. The van der Waals surface area contributed by atoms with Gasteiger partial charge in [-0.2, -0.15) is 0 Å². The van der Waals surface area contributed by atoms with Gasteiger partial charge < -0.3 is 15.5 Å². The predicted molar refractivity (Wildman–Crippen MR) is 91.8 cm³/mol. The minimum absolute atomic E-state index is 0.00747. The molecule has 4 N–H and O–H groups in total. The van der Waals surface area contributed by atoms with Crippen molar-refractivity contribution < 1.29 is 13.2 Å². The SMILES string of the molecule is CC(C)C[C@H](CNC(=O)Nc1ccc(S(N)(=O)=O)cc1)N(C)C.